The van der Waals surface area contributed by atoms with Gasteiger partial charge in [0.1, 0.15) is 0 Å². The summed E-state index contributed by atoms with van der Waals surface area (Å²) in [5.41, 5.74) is 0. The number of rotatable bonds is 5. The molecular weight excluding hydrogens is 380 g/mol. The molecule has 1 amide bonds. The minimum atomic E-state index is -3.65. The number of halogens is 1. The van der Waals surface area contributed by atoms with E-state index in [4.69, 9.17) is 0 Å². The highest BCUT2D eigenvalue weighted by Crippen LogP contribution is 2.20. The van der Waals surface area contributed by atoms with Crippen LogP contribution in [-0.2, 0) is 14.8 Å². The number of carbonyl (C=O) groups is 1. The van der Waals surface area contributed by atoms with Gasteiger partial charge < -0.3 is 4.90 Å². The largest absolute Gasteiger partial charge is 0.342 e. The second kappa shape index (κ2) is 7.77. The topological polar surface area (TPSA) is 57.7 Å². The van der Waals surface area contributed by atoms with Gasteiger partial charge in [-0.25, -0.2) is 8.42 Å². The highest BCUT2D eigenvalue weighted by molar-refractivity contribution is 9.10. The van der Waals surface area contributed by atoms with E-state index in [-0.39, 0.29) is 23.9 Å². The van der Waals surface area contributed by atoms with Crippen LogP contribution in [0.5, 0.6) is 0 Å². The Bertz CT molecular complexity index is 638. The summed E-state index contributed by atoms with van der Waals surface area (Å²) in [5, 5.41) is 0. The minimum Gasteiger partial charge on any atom is -0.342 e. The van der Waals surface area contributed by atoms with Gasteiger partial charge in [-0.05, 0) is 43.0 Å². The summed E-state index contributed by atoms with van der Waals surface area (Å²) >= 11 is 3.29. The lowest BCUT2D eigenvalue weighted by Crippen LogP contribution is -2.45. The molecule has 1 aliphatic heterocycles. The van der Waals surface area contributed by atoms with E-state index in [1.54, 1.807) is 36.1 Å². The maximum Gasteiger partial charge on any atom is 0.243 e. The molecule has 0 unspecified atom stereocenters. The molecule has 0 spiro atoms. The van der Waals surface area contributed by atoms with Gasteiger partial charge in [0.25, 0.3) is 0 Å². The number of likely N-dealkylation sites (tertiary alicyclic amines) is 1. The van der Waals surface area contributed by atoms with Crippen LogP contribution in [0, 0.1) is 5.92 Å². The molecule has 1 saturated heterocycles. The molecule has 0 aliphatic carbocycles. The van der Waals surface area contributed by atoms with Crippen molar-refractivity contribution >= 4 is 31.9 Å². The zero-order valence-corrected chi connectivity index (χ0v) is 15.9. The quantitative estimate of drug-likeness (QED) is 0.760. The molecule has 0 bridgehead atoms. The molecule has 128 valence electrons. The Balaban J connectivity index is 2.09. The van der Waals surface area contributed by atoms with Crippen LogP contribution in [0.1, 0.15) is 26.7 Å². The zero-order chi connectivity index (χ0) is 17.0. The van der Waals surface area contributed by atoms with Crippen LogP contribution in [0.25, 0.3) is 0 Å². The summed E-state index contributed by atoms with van der Waals surface area (Å²) < 4.78 is 27.4. The highest BCUT2D eigenvalue weighted by Gasteiger charge is 2.28. The number of piperidine rings is 1. The van der Waals surface area contributed by atoms with E-state index in [1.165, 1.54) is 4.31 Å². The first kappa shape index (κ1) is 18.4. The van der Waals surface area contributed by atoms with Crippen molar-refractivity contribution in [1.82, 2.24) is 9.21 Å². The van der Waals surface area contributed by atoms with Gasteiger partial charge >= 0.3 is 0 Å². The van der Waals surface area contributed by atoms with Crippen LogP contribution in [0.2, 0.25) is 0 Å². The average molecular weight is 403 g/mol. The van der Waals surface area contributed by atoms with Crippen molar-refractivity contribution in [2.75, 3.05) is 26.2 Å². The Morgan fingerprint density at radius 1 is 1.26 bits per heavy atom. The molecule has 5 nitrogen and oxygen atoms in total. The van der Waals surface area contributed by atoms with Gasteiger partial charge in [-0.15, -0.1) is 0 Å². The number of benzene rings is 1. The summed E-state index contributed by atoms with van der Waals surface area (Å²) in [7, 11) is -3.65. The van der Waals surface area contributed by atoms with E-state index >= 15 is 0 Å². The van der Waals surface area contributed by atoms with Crippen LogP contribution in [0.15, 0.2) is 33.6 Å². The van der Waals surface area contributed by atoms with Crippen molar-refractivity contribution in [2.45, 2.75) is 31.6 Å². The summed E-state index contributed by atoms with van der Waals surface area (Å²) in [6.07, 6.45) is 1.97. The molecule has 1 aromatic rings. The predicted octanol–water partition coefficient (Wildman–Crippen LogP) is 2.72. The summed E-state index contributed by atoms with van der Waals surface area (Å²) in [4.78, 5) is 14.4. The molecule has 0 N–H and O–H groups in total. The predicted molar refractivity (Wildman–Crippen MR) is 93.6 cm³/mol. The Morgan fingerprint density at radius 2 is 1.83 bits per heavy atom. The molecule has 1 heterocycles. The molecule has 0 saturated carbocycles. The lowest BCUT2D eigenvalue weighted by atomic mass is 9.99. The number of hydrogen-bond donors (Lipinski definition) is 0. The Kier molecular flexibility index (Phi) is 6.22. The Hall–Kier alpha value is -0.920. The van der Waals surface area contributed by atoms with E-state index in [0.29, 0.717) is 5.92 Å². The zero-order valence-electron chi connectivity index (χ0n) is 13.5. The van der Waals surface area contributed by atoms with Crippen molar-refractivity contribution < 1.29 is 13.2 Å². The molecule has 0 aromatic heterocycles. The van der Waals surface area contributed by atoms with Crippen LogP contribution < -0.4 is 0 Å². The lowest BCUT2D eigenvalue weighted by molar-refractivity contribution is -0.132. The molecule has 1 aromatic carbocycles. The molecule has 1 fully saturated rings. The second-order valence-electron chi connectivity index (χ2n) is 5.95. The van der Waals surface area contributed by atoms with Gasteiger partial charge in [-0.3, -0.25) is 4.79 Å². The number of likely N-dealkylation sites (N-methyl/N-ethyl adjacent to an activating group) is 1. The van der Waals surface area contributed by atoms with E-state index in [1.807, 2.05) is 0 Å². The summed E-state index contributed by atoms with van der Waals surface area (Å²) in [6.45, 7) is 5.55. The molecule has 0 atom stereocenters. The van der Waals surface area contributed by atoms with Gasteiger partial charge in [-0.2, -0.15) is 4.31 Å². The van der Waals surface area contributed by atoms with E-state index < -0.39 is 10.0 Å². The average Bonchev–Trinajstić information content (AvgIpc) is 2.53. The lowest BCUT2D eigenvalue weighted by Gasteiger charge is -2.32. The summed E-state index contributed by atoms with van der Waals surface area (Å²) in [5.74, 6) is 0.521. The fourth-order valence-corrected chi connectivity index (χ4v) is 4.29. The van der Waals surface area contributed by atoms with Gasteiger partial charge in [0.2, 0.25) is 15.9 Å². The first-order valence-corrected chi connectivity index (χ1v) is 10.1. The van der Waals surface area contributed by atoms with E-state index in [0.717, 1.165) is 30.4 Å². The summed E-state index contributed by atoms with van der Waals surface area (Å²) in [6, 6.07) is 6.48. The smallest absolute Gasteiger partial charge is 0.243 e. The number of hydrogen-bond acceptors (Lipinski definition) is 3. The third-order valence-electron chi connectivity index (χ3n) is 4.25. The normalized spacial score (nSPS) is 16.8. The monoisotopic (exact) mass is 402 g/mol. The molecule has 23 heavy (non-hydrogen) atoms. The third-order valence-corrected chi connectivity index (χ3v) is 6.72. The van der Waals surface area contributed by atoms with Crippen LogP contribution in [-0.4, -0.2) is 49.7 Å². The van der Waals surface area contributed by atoms with Crippen molar-refractivity contribution in [3.8, 4) is 0 Å². The van der Waals surface area contributed by atoms with Gasteiger partial charge in [0.15, 0.2) is 0 Å². The molecule has 1 aliphatic rings. The number of amides is 1. The minimum absolute atomic E-state index is 0.0940. The first-order chi connectivity index (χ1) is 10.8. The van der Waals surface area contributed by atoms with Gasteiger partial charge in [0, 0.05) is 24.1 Å². The maximum absolute atomic E-state index is 12.7. The molecule has 0 radical (unpaired) electrons. The maximum atomic E-state index is 12.7. The Labute approximate surface area is 146 Å². The van der Waals surface area contributed by atoms with Gasteiger partial charge in [0.05, 0.1) is 11.4 Å². The fraction of sp³-hybridized carbons (Fsp3) is 0.562. The number of carbonyl (C=O) groups excluding carboxylic acids is 1. The van der Waals surface area contributed by atoms with Crippen LogP contribution in [0.3, 0.4) is 0 Å². The number of sulfonamides is 1. The first-order valence-electron chi connectivity index (χ1n) is 7.88. The van der Waals surface area contributed by atoms with E-state index in [2.05, 4.69) is 22.9 Å². The molecule has 2 rings (SSSR count). The van der Waals surface area contributed by atoms with Crippen molar-refractivity contribution in [3.05, 3.63) is 28.7 Å². The Morgan fingerprint density at radius 3 is 2.35 bits per heavy atom. The SMILES string of the molecule is CCN(CC(=O)N1CCC(C)CC1)S(=O)(=O)c1ccc(Br)cc1. The second-order valence-corrected chi connectivity index (χ2v) is 8.80. The highest BCUT2D eigenvalue weighted by atomic mass is 79.9. The molecular formula is C16H23BrN2O3S. The van der Waals surface area contributed by atoms with Crippen molar-refractivity contribution in [2.24, 2.45) is 5.92 Å². The van der Waals surface area contributed by atoms with Crippen LogP contribution >= 0.6 is 15.9 Å². The van der Waals surface area contributed by atoms with Crippen molar-refractivity contribution in [1.29, 1.82) is 0 Å². The van der Waals surface area contributed by atoms with Crippen LogP contribution in [0.4, 0.5) is 0 Å². The third kappa shape index (κ3) is 4.55. The standard InChI is InChI=1S/C16H23BrN2O3S/c1-3-19(12-16(20)18-10-8-13(2)9-11-18)23(21,22)15-6-4-14(17)5-7-15/h4-7,13H,3,8-12H2,1-2H3. The molecule has 7 heteroatoms. The van der Waals surface area contributed by atoms with Gasteiger partial charge in [-0.1, -0.05) is 29.8 Å². The van der Waals surface area contributed by atoms with E-state index in [9.17, 15) is 13.2 Å². The fourth-order valence-electron chi connectivity index (χ4n) is 2.63. The van der Waals surface area contributed by atoms with Crippen molar-refractivity contribution in [3.63, 3.8) is 0 Å². The number of nitrogens with zero attached hydrogens (tertiary/aromatic N) is 2.